The molecule has 0 saturated heterocycles. The molecule has 0 saturated carbocycles. The van der Waals surface area contributed by atoms with Crippen LogP contribution >= 0.6 is 11.6 Å². The molecule has 0 unspecified atom stereocenters. The zero-order chi connectivity index (χ0) is 19.3. The van der Waals surface area contributed by atoms with Crippen LogP contribution in [-0.2, 0) is 16.9 Å². The third kappa shape index (κ3) is 2.39. The lowest BCUT2D eigenvalue weighted by Crippen LogP contribution is -2.40. The van der Waals surface area contributed by atoms with Crippen LogP contribution in [0.3, 0.4) is 0 Å². The van der Waals surface area contributed by atoms with Gasteiger partial charge in [0.15, 0.2) is 5.60 Å². The fraction of sp³-hybridized carbons (Fsp3) is 0.0870. The number of hydrogen-bond donors (Lipinski definition) is 2. The Morgan fingerprint density at radius 2 is 1.64 bits per heavy atom. The molecule has 0 bridgehead atoms. The Morgan fingerprint density at radius 3 is 2.46 bits per heavy atom. The molecule has 1 aromatic heterocycles. The number of benzene rings is 3. The molecule has 1 atom stereocenters. The predicted molar refractivity (Wildman–Crippen MR) is 110 cm³/mol. The van der Waals surface area contributed by atoms with E-state index in [0.717, 1.165) is 22.2 Å². The summed E-state index contributed by atoms with van der Waals surface area (Å²) >= 11 is 5.98. The number of anilines is 1. The fourth-order valence-corrected chi connectivity index (χ4v) is 4.12. The SMILES string of the molecule is O=C1N(Cc2ccc(Cl)cc2)c2ccccc2[C@]1(O)c1c[nH]c2ccccc12. The number of nitrogens with zero attached hydrogens (tertiary/aromatic N) is 1. The number of halogens is 1. The van der Waals surface area contributed by atoms with Crippen LogP contribution in [0.15, 0.2) is 79.0 Å². The Kier molecular flexibility index (Phi) is 3.79. The van der Waals surface area contributed by atoms with Crippen LogP contribution in [0.4, 0.5) is 5.69 Å². The van der Waals surface area contributed by atoms with Gasteiger partial charge in [-0.2, -0.15) is 0 Å². The van der Waals surface area contributed by atoms with Crippen LogP contribution in [0.1, 0.15) is 16.7 Å². The molecular formula is C23H17ClN2O2. The van der Waals surface area contributed by atoms with Crippen molar-refractivity contribution in [1.82, 2.24) is 4.98 Å². The van der Waals surface area contributed by atoms with Gasteiger partial charge in [0.25, 0.3) is 5.91 Å². The van der Waals surface area contributed by atoms with Gasteiger partial charge in [-0.25, -0.2) is 0 Å². The molecule has 4 aromatic rings. The molecule has 1 aliphatic rings. The monoisotopic (exact) mass is 388 g/mol. The number of carbonyl (C=O) groups is 1. The van der Waals surface area contributed by atoms with E-state index in [2.05, 4.69) is 4.98 Å². The Morgan fingerprint density at radius 1 is 0.929 bits per heavy atom. The summed E-state index contributed by atoms with van der Waals surface area (Å²) in [5.41, 5.74) is 1.97. The third-order valence-corrected chi connectivity index (χ3v) is 5.62. The van der Waals surface area contributed by atoms with E-state index >= 15 is 0 Å². The number of rotatable bonds is 3. The number of nitrogens with one attached hydrogen (secondary N) is 1. The van der Waals surface area contributed by atoms with Crippen molar-refractivity contribution >= 4 is 34.1 Å². The maximum atomic E-state index is 13.5. The highest BCUT2D eigenvalue weighted by molar-refractivity contribution is 6.30. The summed E-state index contributed by atoms with van der Waals surface area (Å²) in [7, 11) is 0. The maximum absolute atomic E-state index is 13.5. The topological polar surface area (TPSA) is 56.3 Å². The minimum atomic E-state index is -1.73. The molecule has 2 N–H and O–H groups in total. The second-order valence-electron chi connectivity index (χ2n) is 6.99. The predicted octanol–water partition coefficient (Wildman–Crippen LogP) is 4.60. The number of amides is 1. The van der Waals surface area contributed by atoms with Crippen molar-refractivity contribution in [2.75, 3.05) is 4.90 Å². The van der Waals surface area contributed by atoms with Crippen LogP contribution in [0.2, 0.25) is 5.02 Å². The van der Waals surface area contributed by atoms with Crippen LogP contribution in [-0.4, -0.2) is 16.0 Å². The lowest BCUT2D eigenvalue weighted by molar-refractivity contribution is -0.132. The summed E-state index contributed by atoms with van der Waals surface area (Å²) in [6.07, 6.45) is 1.73. The van der Waals surface area contributed by atoms with Gasteiger partial charge < -0.3 is 15.0 Å². The first-order valence-electron chi connectivity index (χ1n) is 9.04. The van der Waals surface area contributed by atoms with E-state index in [1.54, 1.807) is 23.2 Å². The Hall–Kier alpha value is -3.08. The number of para-hydroxylation sites is 2. The van der Waals surface area contributed by atoms with E-state index in [-0.39, 0.29) is 5.91 Å². The zero-order valence-electron chi connectivity index (χ0n) is 14.9. The number of aromatic nitrogens is 1. The molecule has 0 fully saturated rings. The standard InChI is InChI=1S/C23H17ClN2O2/c24-16-11-9-15(10-12-16)14-26-21-8-4-2-6-18(21)23(28,22(26)27)19-13-25-20-7-3-1-5-17(19)20/h1-13,25,28H,14H2/t23-/m0/s1. The average molecular weight is 389 g/mol. The number of carbonyl (C=O) groups excluding carboxylic acids is 1. The molecule has 1 amide bonds. The number of aliphatic hydroxyl groups is 1. The second-order valence-corrected chi connectivity index (χ2v) is 7.43. The van der Waals surface area contributed by atoms with Crippen molar-refractivity contribution in [2.45, 2.75) is 12.1 Å². The smallest absolute Gasteiger partial charge is 0.268 e. The highest BCUT2D eigenvalue weighted by Gasteiger charge is 2.51. The van der Waals surface area contributed by atoms with Gasteiger partial charge in [-0.1, -0.05) is 60.1 Å². The molecule has 4 nitrogen and oxygen atoms in total. The van der Waals surface area contributed by atoms with Crippen molar-refractivity contribution < 1.29 is 9.90 Å². The van der Waals surface area contributed by atoms with Gasteiger partial charge in [-0.3, -0.25) is 4.79 Å². The Bertz CT molecular complexity index is 1200. The minimum absolute atomic E-state index is 0.353. The Balaban J connectivity index is 1.65. The van der Waals surface area contributed by atoms with Crippen molar-refractivity contribution in [3.8, 4) is 0 Å². The quantitative estimate of drug-likeness (QED) is 0.538. The van der Waals surface area contributed by atoms with Gasteiger partial charge in [-0.05, 0) is 29.8 Å². The van der Waals surface area contributed by atoms with Crippen LogP contribution < -0.4 is 4.90 Å². The number of H-pyrrole nitrogens is 1. The minimum Gasteiger partial charge on any atom is -0.372 e. The van der Waals surface area contributed by atoms with Crippen LogP contribution in [0, 0.1) is 0 Å². The Labute approximate surface area is 167 Å². The molecule has 28 heavy (non-hydrogen) atoms. The number of fused-ring (bicyclic) bond motifs is 2. The van der Waals surface area contributed by atoms with E-state index in [1.807, 2.05) is 60.7 Å². The molecule has 0 aliphatic carbocycles. The highest BCUT2D eigenvalue weighted by Crippen LogP contribution is 2.46. The lowest BCUT2D eigenvalue weighted by atomic mass is 9.87. The number of hydrogen-bond acceptors (Lipinski definition) is 2. The van der Waals surface area contributed by atoms with Crippen LogP contribution in [0.25, 0.3) is 10.9 Å². The van der Waals surface area contributed by atoms with Crippen molar-refractivity contribution in [1.29, 1.82) is 0 Å². The van der Waals surface area contributed by atoms with Gasteiger partial charge >= 0.3 is 0 Å². The second kappa shape index (κ2) is 6.23. The van der Waals surface area contributed by atoms with Gasteiger partial charge in [0.05, 0.1) is 12.2 Å². The average Bonchev–Trinajstić information content (AvgIpc) is 3.24. The summed E-state index contributed by atoms with van der Waals surface area (Å²) in [5, 5.41) is 13.2. The van der Waals surface area contributed by atoms with Crippen molar-refractivity contribution in [3.05, 3.63) is 101 Å². The summed E-state index contributed by atoms with van der Waals surface area (Å²) in [6.45, 7) is 0.359. The zero-order valence-corrected chi connectivity index (χ0v) is 15.6. The number of aromatic amines is 1. The molecule has 0 spiro atoms. The molecule has 138 valence electrons. The van der Waals surface area contributed by atoms with Gasteiger partial charge in [0.2, 0.25) is 0 Å². The summed E-state index contributed by atoms with van der Waals surface area (Å²) in [4.78, 5) is 18.3. The molecule has 5 heteroatoms. The highest BCUT2D eigenvalue weighted by atomic mass is 35.5. The first-order valence-corrected chi connectivity index (χ1v) is 9.42. The van der Waals surface area contributed by atoms with E-state index in [0.29, 0.717) is 22.7 Å². The van der Waals surface area contributed by atoms with Gasteiger partial charge in [-0.15, -0.1) is 0 Å². The van der Waals surface area contributed by atoms with Gasteiger partial charge in [0, 0.05) is 33.2 Å². The summed E-state index contributed by atoms with van der Waals surface area (Å²) < 4.78 is 0. The molecule has 1 aliphatic heterocycles. The maximum Gasteiger partial charge on any atom is 0.268 e. The molecule has 2 heterocycles. The van der Waals surface area contributed by atoms with E-state index < -0.39 is 5.60 Å². The van der Waals surface area contributed by atoms with Crippen molar-refractivity contribution in [3.63, 3.8) is 0 Å². The molecule has 0 radical (unpaired) electrons. The van der Waals surface area contributed by atoms with Crippen molar-refractivity contribution in [2.24, 2.45) is 0 Å². The fourth-order valence-electron chi connectivity index (χ4n) is 4.00. The largest absolute Gasteiger partial charge is 0.372 e. The molecule has 3 aromatic carbocycles. The summed E-state index contributed by atoms with van der Waals surface area (Å²) in [5.74, 6) is -0.353. The summed E-state index contributed by atoms with van der Waals surface area (Å²) in [6, 6.07) is 22.5. The molecule has 5 rings (SSSR count). The van der Waals surface area contributed by atoms with E-state index in [9.17, 15) is 9.90 Å². The first kappa shape index (κ1) is 17.0. The first-order chi connectivity index (χ1) is 13.6. The molecular weight excluding hydrogens is 372 g/mol. The van der Waals surface area contributed by atoms with Crippen LogP contribution in [0.5, 0.6) is 0 Å². The van der Waals surface area contributed by atoms with E-state index in [4.69, 9.17) is 11.6 Å². The van der Waals surface area contributed by atoms with Gasteiger partial charge in [0.1, 0.15) is 0 Å². The lowest BCUT2D eigenvalue weighted by Gasteiger charge is -2.23. The van der Waals surface area contributed by atoms with E-state index in [1.165, 1.54) is 0 Å². The third-order valence-electron chi connectivity index (χ3n) is 5.37. The normalized spacial score (nSPS) is 18.6.